The molecule has 0 spiro atoms. The molecule has 1 aromatic carbocycles. The minimum atomic E-state index is -0.299. The number of nitrogens with two attached hydrogens (primary N) is 1. The predicted molar refractivity (Wildman–Crippen MR) is 94.6 cm³/mol. The zero-order valence-corrected chi connectivity index (χ0v) is 14.3. The number of aryl methyl sites for hydroxylation is 1. The van der Waals surface area contributed by atoms with Gasteiger partial charge in [-0.2, -0.15) is 0 Å². The highest BCUT2D eigenvalue weighted by atomic mass is 32.1. The van der Waals surface area contributed by atoms with Crippen molar-refractivity contribution in [2.24, 2.45) is 0 Å². The molecule has 1 aliphatic heterocycles. The molecule has 1 atom stereocenters. The average molecular weight is 344 g/mol. The Hall–Kier alpha value is -2.47. The van der Waals surface area contributed by atoms with Crippen molar-refractivity contribution < 1.29 is 14.3 Å². The number of anilines is 1. The van der Waals surface area contributed by atoms with Crippen molar-refractivity contribution in [3.05, 3.63) is 64.4 Å². The molecule has 0 aliphatic carbocycles. The summed E-state index contributed by atoms with van der Waals surface area (Å²) in [5.41, 5.74) is 7.61. The number of nitrogens with one attached hydrogen (secondary N) is 1. The summed E-state index contributed by atoms with van der Waals surface area (Å²) in [7, 11) is 0. The maximum Gasteiger partial charge on any atom is 0.254 e. The molecular formula is C18H20N2O3S. The number of hydrogen-bond acceptors (Lipinski definition) is 5. The van der Waals surface area contributed by atoms with Crippen molar-refractivity contribution in [2.75, 3.05) is 12.5 Å². The first-order valence-corrected chi connectivity index (χ1v) is 8.66. The van der Waals surface area contributed by atoms with E-state index in [0.717, 1.165) is 16.9 Å². The monoisotopic (exact) mass is 344 g/mol. The zero-order chi connectivity index (χ0) is 16.9. The summed E-state index contributed by atoms with van der Waals surface area (Å²) in [6.45, 7) is 2.22. The van der Waals surface area contributed by atoms with Gasteiger partial charge in [0.15, 0.2) is 5.76 Å². The highest BCUT2D eigenvalue weighted by molar-refractivity contribution is 7.16. The van der Waals surface area contributed by atoms with Gasteiger partial charge in [0, 0.05) is 11.3 Å². The molecule has 5 nitrogen and oxygen atoms in total. The van der Waals surface area contributed by atoms with Crippen molar-refractivity contribution in [3.8, 4) is 0 Å². The van der Waals surface area contributed by atoms with Gasteiger partial charge >= 0.3 is 0 Å². The Morgan fingerprint density at radius 3 is 2.79 bits per heavy atom. The van der Waals surface area contributed by atoms with E-state index in [9.17, 15) is 4.79 Å². The van der Waals surface area contributed by atoms with Crippen molar-refractivity contribution >= 4 is 22.2 Å². The Labute approximate surface area is 145 Å². The maximum absolute atomic E-state index is 12.6. The first-order valence-electron chi connectivity index (χ1n) is 7.84. The molecule has 2 heterocycles. The van der Waals surface area contributed by atoms with E-state index in [0.29, 0.717) is 22.7 Å². The van der Waals surface area contributed by atoms with Crippen LogP contribution in [0.15, 0.2) is 48.4 Å². The fourth-order valence-corrected chi connectivity index (χ4v) is 3.42. The third kappa shape index (κ3) is 3.71. The smallest absolute Gasteiger partial charge is 0.254 e. The Morgan fingerprint density at radius 1 is 1.38 bits per heavy atom. The lowest BCUT2D eigenvalue weighted by molar-refractivity contribution is 0.0706. The fourth-order valence-electron chi connectivity index (χ4n) is 2.55. The topological polar surface area (TPSA) is 73.6 Å². The van der Waals surface area contributed by atoms with E-state index in [4.69, 9.17) is 15.2 Å². The molecule has 1 aromatic heterocycles. The van der Waals surface area contributed by atoms with Crippen LogP contribution in [0.25, 0.3) is 0 Å². The number of nitrogen functional groups attached to an aromatic ring is 1. The summed E-state index contributed by atoms with van der Waals surface area (Å²) in [5, 5.41) is 3.56. The lowest BCUT2D eigenvalue weighted by Gasteiger charge is -2.18. The SMILES string of the molecule is CCc1cc(C(=O)NC(Cc2ccccc2)C2=COCO2)c(N)s1. The summed E-state index contributed by atoms with van der Waals surface area (Å²) in [6, 6.07) is 11.5. The minimum absolute atomic E-state index is 0.178. The van der Waals surface area contributed by atoms with Gasteiger partial charge in [-0.05, 0) is 18.1 Å². The largest absolute Gasteiger partial charge is 0.462 e. The molecule has 3 rings (SSSR count). The quantitative estimate of drug-likeness (QED) is 0.844. The van der Waals surface area contributed by atoms with Gasteiger partial charge in [0.2, 0.25) is 6.79 Å². The number of rotatable bonds is 6. The summed E-state index contributed by atoms with van der Waals surface area (Å²) in [6.07, 6.45) is 3.03. The summed E-state index contributed by atoms with van der Waals surface area (Å²) < 4.78 is 10.6. The number of ether oxygens (including phenoxy) is 2. The molecule has 1 amide bonds. The number of amides is 1. The van der Waals surface area contributed by atoms with Crippen LogP contribution in [-0.2, 0) is 22.3 Å². The lowest BCUT2D eigenvalue weighted by Crippen LogP contribution is -2.38. The van der Waals surface area contributed by atoms with Crippen LogP contribution in [0.4, 0.5) is 5.00 Å². The van der Waals surface area contributed by atoms with Crippen LogP contribution in [-0.4, -0.2) is 18.7 Å². The molecule has 0 radical (unpaired) electrons. The van der Waals surface area contributed by atoms with E-state index in [1.165, 1.54) is 11.3 Å². The van der Waals surface area contributed by atoms with E-state index >= 15 is 0 Å². The van der Waals surface area contributed by atoms with E-state index in [2.05, 4.69) is 5.32 Å². The molecule has 1 unspecified atom stereocenters. The minimum Gasteiger partial charge on any atom is -0.462 e. The van der Waals surface area contributed by atoms with E-state index in [-0.39, 0.29) is 18.7 Å². The van der Waals surface area contributed by atoms with Gasteiger partial charge in [0.05, 0.1) is 16.6 Å². The van der Waals surface area contributed by atoms with Gasteiger partial charge in [-0.25, -0.2) is 0 Å². The van der Waals surface area contributed by atoms with E-state index in [1.54, 1.807) is 6.26 Å². The molecule has 24 heavy (non-hydrogen) atoms. The van der Waals surface area contributed by atoms with Crippen LogP contribution in [0, 0.1) is 0 Å². The molecule has 0 saturated carbocycles. The zero-order valence-electron chi connectivity index (χ0n) is 13.5. The van der Waals surface area contributed by atoms with Gasteiger partial charge in [-0.1, -0.05) is 37.3 Å². The number of benzene rings is 1. The maximum atomic E-state index is 12.6. The fraction of sp³-hybridized carbons (Fsp3) is 0.278. The Morgan fingerprint density at radius 2 is 2.17 bits per heavy atom. The van der Waals surface area contributed by atoms with E-state index < -0.39 is 0 Å². The predicted octanol–water partition coefficient (Wildman–Crippen LogP) is 3.08. The molecular weight excluding hydrogens is 324 g/mol. The number of hydrogen-bond donors (Lipinski definition) is 2. The second kappa shape index (κ2) is 7.40. The molecule has 1 aliphatic rings. The van der Waals surface area contributed by atoms with Crippen LogP contribution in [0.2, 0.25) is 0 Å². The number of thiophene rings is 1. The third-order valence-corrected chi connectivity index (χ3v) is 4.94. The van der Waals surface area contributed by atoms with Crippen molar-refractivity contribution in [1.82, 2.24) is 5.32 Å². The molecule has 0 saturated heterocycles. The lowest BCUT2D eigenvalue weighted by atomic mass is 10.0. The van der Waals surface area contributed by atoms with Crippen LogP contribution in [0.1, 0.15) is 27.7 Å². The molecule has 0 bridgehead atoms. The Bertz CT molecular complexity index is 740. The average Bonchev–Trinajstić information content (AvgIpc) is 3.24. The van der Waals surface area contributed by atoms with Crippen LogP contribution in [0.5, 0.6) is 0 Å². The van der Waals surface area contributed by atoms with Crippen molar-refractivity contribution in [1.29, 1.82) is 0 Å². The van der Waals surface area contributed by atoms with Crippen LogP contribution < -0.4 is 11.1 Å². The van der Waals surface area contributed by atoms with Gasteiger partial charge in [0.1, 0.15) is 6.26 Å². The molecule has 0 fully saturated rings. The second-order valence-electron chi connectivity index (χ2n) is 5.51. The van der Waals surface area contributed by atoms with E-state index in [1.807, 2.05) is 43.3 Å². The second-order valence-corrected chi connectivity index (χ2v) is 6.68. The third-order valence-electron chi connectivity index (χ3n) is 3.83. The highest BCUT2D eigenvalue weighted by Gasteiger charge is 2.24. The standard InChI is InChI=1S/C18H20N2O3S/c1-2-13-9-14(17(19)24-13)18(21)20-15(16-10-22-11-23-16)8-12-6-4-3-5-7-12/h3-7,9-10,15H,2,8,11,19H2,1H3,(H,20,21). The van der Waals surface area contributed by atoms with Gasteiger partial charge < -0.3 is 20.5 Å². The Balaban J connectivity index is 1.78. The van der Waals surface area contributed by atoms with Crippen LogP contribution in [0.3, 0.4) is 0 Å². The van der Waals surface area contributed by atoms with Gasteiger partial charge in [0.25, 0.3) is 5.91 Å². The first kappa shape index (κ1) is 16.4. The highest BCUT2D eigenvalue weighted by Crippen LogP contribution is 2.26. The number of carbonyl (C=O) groups is 1. The Kier molecular flexibility index (Phi) is 5.05. The summed E-state index contributed by atoms with van der Waals surface area (Å²) in [4.78, 5) is 13.7. The van der Waals surface area contributed by atoms with Crippen molar-refractivity contribution in [3.63, 3.8) is 0 Å². The van der Waals surface area contributed by atoms with Gasteiger partial charge in [-0.15, -0.1) is 11.3 Å². The van der Waals surface area contributed by atoms with Gasteiger partial charge in [-0.3, -0.25) is 4.79 Å². The summed E-state index contributed by atoms with van der Waals surface area (Å²) in [5.74, 6) is 0.428. The molecule has 2 aromatic rings. The number of carbonyl (C=O) groups excluding carboxylic acids is 1. The first-order chi connectivity index (χ1) is 11.7. The molecule has 6 heteroatoms. The molecule has 3 N–H and O–H groups in total. The normalized spacial score (nSPS) is 14.5. The summed E-state index contributed by atoms with van der Waals surface area (Å²) >= 11 is 1.45. The van der Waals surface area contributed by atoms with Crippen molar-refractivity contribution in [2.45, 2.75) is 25.8 Å². The van der Waals surface area contributed by atoms with Crippen LogP contribution >= 0.6 is 11.3 Å². The molecule has 126 valence electrons.